The van der Waals surface area contributed by atoms with Gasteiger partial charge in [-0.2, -0.15) is 13.2 Å². The Balaban J connectivity index is 2.15. The molecule has 1 aromatic rings. The Morgan fingerprint density at radius 2 is 1.95 bits per heavy atom. The number of benzene rings is 1. The van der Waals surface area contributed by atoms with Crippen LogP contribution >= 0.6 is 0 Å². The van der Waals surface area contributed by atoms with Gasteiger partial charge in [-0.1, -0.05) is 18.9 Å². The smallest absolute Gasteiger partial charge is 0.417 e. The first-order valence-corrected chi connectivity index (χ1v) is 6.54. The fourth-order valence-corrected chi connectivity index (χ4v) is 2.52. The molecule has 1 aliphatic rings. The normalized spacial score (nSPS) is 16.6. The maximum absolute atomic E-state index is 12.7. The molecule has 2 rings (SSSR count). The second-order valence-corrected chi connectivity index (χ2v) is 5.05. The molecule has 0 heterocycles. The average Bonchev–Trinajstić information content (AvgIpc) is 2.88. The highest BCUT2D eigenvalue weighted by atomic mass is 19.4. The lowest BCUT2D eigenvalue weighted by atomic mass is 10.0. The van der Waals surface area contributed by atoms with E-state index in [-0.39, 0.29) is 0 Å². The van der Waals surface area contributed by atoms with E-state index in [2.05, 4.69) is 5.32 Å². The molecule has 0 saturated heterocycles. The Labute approximate surface area is 114 Å². The number of nitrogens with one attached hydrogen (secondary N) is 1. The van der Waals surface area contributed by atoms with Gasteiger partial charge in [0, 0.05) is 12.6 Å². The van der Waals surface area contributed by atoms with Crippen molar-refractivity contribution in [1.29, 1.82) is 0 Å². The van der Waals surface area contributed by atoms with Crippen LogP contribution in [0.15, 0.2) is 18.2 Å². The summed E-state index contributed by atoms with van der Waals surface area (Å²) in [5.74, 6) is -1.56. The third kappa shape index (κ3) is 3.50. The van der Waals surface area contributed by atoms with Crippen LogP contribution in [0, 0.1) is 0 Å². The molecule has 1 fully saturated rings. The highest BCUT2D eigenvalue weighted by Crippen LogP contribution is 2.32. The average molecular weight is 287 g/mol. The van der Waals surface area contributed by atoms with Crippen LogP contribution in [0.2, 0.25) is 0 Å². The summed E-state index contributed by atoms with van der Waals surface area (Å²) in [7, 11) is 0. The maximum atomic E-state index is 12.7. The molecule has 1 aromatic carbocycles. The van der Waals surface area contributed by atoms with E-state index in [9.17, 15) is 18.0 Å². The molecule has 0 spiro atoms. The van der Waals surface area contributed by atoms with Gasteiger partial charge >= 0.3 is 12.1 Å². The minimum Gasteiger partial charge on any atom is -0.478 e. The van der Waals surface area contributed by atoms with E-state index >= 15 is 0 Å². The number of carbonyl (C=O) groups is 1. The predicted molar refractivity (Wildman–Crippen MR) is 67.5 cm³/mol. The van der Waals surface area contributed by atoms with E-state index in [0.717, 1.165) is 37.8 Å². The highest BCUT2D eigenvalue weighted by Gasteiger charge is 2.35. The van der Waals surface area contributed by atoms with Gasteiger partial charge in [-0.25, -0.2) is 4.79 Å². The first kappa shape index (κ1) is 14.8. The van der Waals surface area contributed by atoms with E-state index in [1.807, 2.05) is 0 Å². The lowest BCUT2D eigenvalue weighted by Crippen LogP contribution is -2.25. The molecule has 1 saturated carbocycles. The molecular weight excluding hydrogens is 271 g/mol. The number of carboxylic acid groups (broad SMARTS) is 1. The number of rotatable bonds is 4. The van der Waals surface area contributed by atoms with Crippen molar-refractivity contribution in [2.24, 2.45) is 0 Å². The van der Waals surface area contributed by atoms with Crippen molar-refractivity contribution in [2.75, 3.05) is 0 Å². The lowest BCUT2D eigenvalue weighted by molar-refractivity contribution is -0.138. The zero-order chi connectivity index (χ0) is 14.8. The second kappa shape index (κ2) is 5.83. The molecule has 0 bridgehead atoms. The van der Waals surface area contributed by atoms with E-state index in [1.54, 1.807) is 0 Å². The van der Waals surface area contributed by atoms with Crippen molar-refractivity contribution in [2.45, 2.75) is 44.4 Å². The predicted octanol–water partition coefficient (Wildman–Crippen LogP) is 3.44. The first-order valence-electron chi connectivity index (χ1n) is 6.54. The Kier molecular flexibility index (Phi) is 4.32. The molecule has 110 valence electrons. The molecule has 2 N–H and O–H groups in total. The minimum absolute atomic E-state index is 0.380. The van der Waals surface area contributed by atoms with E-state index < -0.39 is 23.3 Å². The molecule has 0 amide bonds. The van der Waals surface area contributed by atoms with Crippen LogP contribution in [0.5, 0.6) is 0 Å². The molecule has 0 aliphatic heterocycles. The van der Waals surface area contributed by atoms with Crippen LogP contribution in [0.4, 0.5) is 13.2 Å². The van der Waals surface area contributed by atoms with Crippen LogP contribution in [0.1, 0.15) is 47.2 Å². The Morgan fingerprint density at radius 1 is 1.30 bits per heavy atom. The summed E-state index contributed by atoms with van der Waals surface area (Å²) in [4.78, 5) is 11.0. The first-order chi connectivity index (χ1) is 9.38. The molecule has 0 unspecified atom stereocenters. The van der Waals surface area contributed by atoms with E-state index in [0.29, 0.717) is 18.2 Å². The molecule has 0 aromatic heterocycles. The third-order valence-corrected chi connectivity index (χ3v) is 3.57. The van der Waals surface area contributed by atoms with Gasteiger partial charge in [-0.05, 0) is 30.5 Å². The van der Waals surface area contributed by atoms with Crippen LogP contribution < -0.4 is 5.32 Å². The van der Waals surface area contributed by atoms with E-state index in [1.165, 1.54) is 6.07 Å². The molecule has 0 radical (unpaired) electrons. The molecule has 3 nitrogen and oxygen atoms in total. The summed E-state index contributed by atoms with van der Waals surface area (Å²) in [6.07, 6.45) is -0.208. The minimum atomic E-state index is -4.65. The van der Waals surface area contributed by atoms with Gasteiger partial charge in [0.15, 0.2) is 0 Å². The molecular formula is C14H16F3NO2. The number of hydrogen-bond acceptors (Lipinski definition) is 2. The van der Waals surface area contributed by atoms with Crippen molar-refractivity contribution in [1.82, 2.24) is 5.32 Å². The second-order valence-electron chi connectivity index (χ2n) is 5.05. The standard InChI is InChI=1S/C14H16F3NO2/c15-14(16,17)12-6-5-9(7-11(12)13(19)20)8-18-10-3-1-2-4-10/h5-7,10,18H,1-4,8H2,(H,19,20). The summed E-state index contributed by atoms with van der Waals surface area (Å²) >= 11 is 0. The SMILES string of the molecule is O=C(O)c1cc(CNC2CCCC2)ccc1C(F)(F)F. The molecule has 1 aliphatic carbocycles. The van der Waals surface area contributed by atoms with Crippen molar-refractivity contribution >= 4 is 5.97 Å². The number of alkyl halides is 3. The van der Waals surface area contributed by atoms with Crippen molar-refractivity contribution < 1.29 is 23.1 Å². The fraction of sp³-hybridized carbons (Fsp3) is 0.500. The topological polar surface area (TPSA) is 49.3 Å². The van der Waals surface area contributed by atoms with Gasteiger partial charge in [-0.15, -0.1) is 0 Å². The van der Waals surface area contributed by atoms with Gasteiger partial charge in [0.2, 0.25) is 0 Å². The summed E-state index contributed by atoms with van der Waals surface area (Å²) < 4.78 is 38.1. The van der Waals surface area contributed by atoms with Gasteiger partial charge in [0.1, 0.15) is 0 Å². The number of hydrogen-bond donors (Lipinski definition) is 2. The number of carboxylic acids is 1. The largest absolute Gasteiger partial charge is 0.478 e. The Hall–Kier alpha value is -1.56. The van der Waals surface area contributed by atoms with Gasteiger partial charge in [-0.3, -0.25) is 0 Å². The Bertz CT molecular complexity index is 494. The summed E-state index contributed by atoms with van der Waals surface area (Å²) in [5.41, 5.74) is -1.24. The Morgan fingerprint density at radius 3 is 2.50 bits per heavy atom. The third-order valence-electron chi connectivity index (χ3n) is 3.57. The highest BCUT2D eigenvalue weighted by molar-refractivity contribution is 5.89. The summed E-state index contributed by atoms with van der Waals surface area (Å²) in [6, 6.07) is 3.66. The number of halogens is 3. The fourth-order valence-electron chi connectivity index (χ4n) is 2.52. The van der Waals surface area contributed by atoms with Gasteiger partial charge < -0.3 is 10.4 Å². The lowest BCUT2D eigenvalue weighted by Gasteiger charge is -2.14. The van der Waals surface area contributed by atoms with Gasteiger partial charge in [0.25, 0.3) is 0 Å². The summed E-state index contributed by atoms with van der Waals surface area (Å²) in [5, 5.41) is 12.2. The van der Waals surface area contributed by atoms with Crippen LogP contribution in [-0.2, 0) is 12.7 Å². The van der Waals surface area contributed by atoms with Crippen LogP contribution in [0.3, 0.4) is 0 Å². The zero-order valence-electron chi connectivity index (χ0n) is 10.8. The van der Waals surface area contributed by atoms with Crippen LogP contribution in [-0.4, -0.2) is 17.1 Å². The molecule has 0 atom stereocenters. The number of aromatic carboxylic acids is 1. The van der Waals surface area contributed by atoms with Crippen LogP contribution in [0.25, 0.3) is 0 Å². The summed E-state index contributed by atoms with van der Waals surface area (Å²) in [6.45, 7) is 0.392. The van der Waals surface area contributed by atoms with Crippen molar-refractivity contribution in [3.05, 3.63) is 34.9 Å². The zero-order valence-corrected chi connectivity index (χ0v) is 10.8. The maximum Gasteiger partial charge on any atom is 0.417 e. The molecule has 6 heteroatoms. The van der Waals surface area contributed by atoms with E-state index in [4.69, 9.17) is 5.11 Å². The van der Waals surface area contributed by atoms with Crippen molar-refractivity contribution in [3.63, 3.8) is 0 Å². The van der Waals surface area contributed by atoms with Crippen molar-refractivity contribution in [3.8, 4) is 0 Å². The monoisotopic (exact) mass is 287 g/mol. The van der Waals surface area contributed by atoms with Gasteiger partial charge in [0.05, 0.1) is 11.1 Å². The molecule has 20 heavy (non-hydrogen) atoms. The quantitative estimate of drug-likeness (QED) is 0.892.